The van der Waals surface area contributed by atoms with Crippen molar-refractivity contribution < 1.29 is 14.9 Å². The van der Waals surface area contributed by atoms with Crippen LogP contribution in [0, 0.1) is 5.92 Å². The minimum Gasteiger partial charge on any atom is -0.504 e. The summed E-state index contributed by atoms with van der Waals surface area (Å²) in [6.07, 6.45) is 9.62. The van der Waals surface area contributed by atoms with Crippen molar-refractivity contribution in [2.45, 2.75) is 67.6 Å². The number of aromatic hydroxyl groups is 1. The molecule has 1 saturated heterocycles. The van der Waals surface area contributed by atoms with E-state index in [0.717, 1.165) is 50.3 Å². The third kappa shape index (κ3) is 2.03. The van der Waals surface area contributed by atoms with Crippen LogP contribution in [0.4, 0.5) is 0 Å². The van der Waals surface area contributed by atoms with Gasteiger partial charge >= 0.3 is 0 Å². The van der Waals surface area contributed by atoms with Crippen molar-refractivity contribution in [1.29, 1.82) is 0 Å². The second-order valence-corrected chi connectivity index (χ2v) is 10.2. The van der Waals surface area contributed by atoms with Gasteiger partial charge < -0.3 is 14.9 Å². The van der Waals surface area contributed by atoms with E-state index in [0.29, 0.717) is 5.75 Å². The number of benzene rings is 1. The number of rotatable bonds is 3. The highest BCUT2D eigenvalue weighted by Crippen LogP contribution is 2.67. The first kappa shape index (κ1) is 17.6. The number of pyridine rings is 1. The van der Waals surface area contributed by atoms with E-state index in [4.69, 9.17) is 4.74 Å². The Morgan fingerprint density at radius 3 is 2.73 bits per heavy atom. The summed E-state index contributed by atoms with van der Waals surface area (Å²) < 4.78 is 6.62. The second-order valence-electron chi connectivity index (χ2n) is 10.2. The maximum absolute atomic E-state index is 12.5. The van der Waals surface area contributed by atoms with Gasteiger partial charge in [0.2, 0.25) is 0 Å². The number of hydrogen-bond acceptors (Lipinski definition) is 5. The summed E-state index contributed by atoms with van der Waals surface area (Å²) in [6.45, 7) is 2.11. The highest BCUT2D eigenvalue weighted by molar-refractivity contribution is 5.63. The van der Waals surface area contributed by atoms with Crippen LogP contribution >= 0.6 is 0 Å². The molecule has 2 bridgehead atoms. The van der Waals surface area contributed by atoms with Gasteiger partial charge in [0.05, 0.1) is 11.0 Å². The number of aromatic nitrogens is 1. The molecule has 1 aromatic carbocycles. The van der Waals surface area contributed by atoms with Crippen LogP contribution in [-0.2, 0) is 11.8 Å². The maximum Gasteiger partial charge on any atom is 0.165 e. The first-order valence-corrected chi connectivity index (χ1v) is 11.5. The minimum absolute atomic E-state index is 0.138. The zero-order chi connectivity index (χ0) is 20.1. The fraction of sp³-hybridized carbons (Fsp3) is 0.560. The van der Waals surface area contributed by atoms with E-state index in [1.807, 2.05) is 12.4 Å². The molecule has 3 heterocycles. The maximum atomic E-state index is 12.5. The molecule has 1 aromatic heterocycles. The summed E-state index contributed by atoms with van der Waals surface area (Å²) in [4.78, 5) is 6.78. The van der Waals surface area contributed by atoms with Gasteiger partial charge in [-0.15, -0.1) is 0 Å². The van der Waals surface area contributed by atoms with Crippen molar-refractivity contribution in [3.05, 3.63) is 53.3 Å². The zero-order valence-electron chi connectivity index (χ0n) is 17.1. The Balaban J connectivity index is 1.42. The van der Waals surface area contributed by atoms with Crippen LogP contribution in [-0.4, -0.2) is 50.9 Å². The smallest absolute Gasteiger partial charge is 0.165 e. The first-order valence-electron chi connectivity index (χ1n) is 11.5. The molecule has 0 radical (unpaired) electrons. The fourth-order valence-corrected chi connectivity index (χ4v) is 7.43. The molecule has 5 nitrogen and oxygen atoms in total. The van der Waals surface area contributed by atoms with Crippen molar-refractivity contribution >= 4 is 0 Å². The summed E-state index contributed by atoms with van der Waals surface area (Å²) in [6, 6.07) is 8.17. The molecule has 156 valence electrons. The molecule has 5 atom stereocenters. The number of piperidine rings is 1. The minimum atomic E-state index is -0.805. The third-order valence-corrected chi connectivity index (χ3v) is 8.90. The van der Waals surface area contributed by atoms with Gasteiger partial charge in [0.1, 0.15) is 6.10 Å². The van der Waals surface area contributed by atoms with Crippen molar-refractivity contribution in [1.82, 2.24) is 9.88 Å². The zero-order valence-corrected chi connectivity index (χ0v) is 17.1. The van der Waals surface area contributed by atoms with Crippen LogP contribution in [0.3, 0.4) is 0 Å². The lowest BCUT2D eigenvalue weighted by molar-refractivity contribution is -0.190. The Kier molecular flexibility index (Phi) is 3.38. The number of phenolic OH excluding ortho intramolecular Hbond substituents is 1. The van der Waals surface area contributed by atoms with Crippen molar-refractivity contribution in [2.24, 2.45) is 5.92 Å². The Morgan fingerprint density at radius 2 is 1.93 bits per heavy atom. The lowest BCUT2D eigenvalue weighted by atomic mass is 9.47. The monoisotopic (exact) mass is 404 g/mol. The summed E-state index contributed by atoms with van der Waals surface area (Å²) >= 11 is 0. The van der Waals surface area contributed by atoms with Crippen LogP contribution in [0.25, 0.3) is 0 Å². The lowest BCUT2D eigenvalue weighted by Crippen LogP contribution is -2.76. The van der Waals surface area contributed by atoms with Gasteiger partial charge in [0.15, 0.2) is 11.5 Å². The molecule has 1 spiro atoms. The predicted octanol–water partition coefficient (Wildman–Crippen LogP) is 3.14. The average molecular weight is 405 g/mol. The number of nitrogens with zero attached hydrogens (tertiary/aromatic N) is 2. The van der Waals surface area contributed by atoms with E-state index in [1.165, 1.54) is 24.0 Å². The average Bonchev–Trinajstić information content (AvgIpc) is 3.50. The lowest BCUT2D eigenvalue weighted by Gasteiger charge is -2.64. The topological polar surface area (TPSA) is 65.8 Å². The molecule has 30 heavy (non-hydrogen) atoms. The molecule has 0 amide bonds. The van der Waals surface area contributed by atoms with Gasteiger partial charge in [0.25, 0.3) is 0 Å². The molecular formula is C25H28N2O3. The van der Waals surface area contributed by atoms with Gasteiger partial charge in [-0.3, -0.25) is 9.88 Å². The number of aliphatic hydroxyl groups is 1. The van der Waals surface area contributed by atoms with Crippen LogP contribution in [0.1, 0.15) is 54.7 Å². The SMILES string of the molecule is Oc1ccc2c3c1OC1[C@H](c4ccncc4)CC[C@@]4(O)[C@@H](C2)N(CC2CC2)CC[C@]314. The Morgan fingerprint density at radius 1 is 1.10 bits per heavy atom. The molecule has 3 fully saturated rings. The standard InChI is InChI=1S/C25H28N2O3/c28-19-4-3-17-13-20-25(29)8-5-18(16-6-10-26-11-7-16)23-24(25,21(17)22(19)30-23)9-12-27(20)14-15-1-2-15/h3-4,6-7,10-11,15,18,20,23,28-29H,1-2,5,8-9,12-14H2/t18-,20+,23?,24-,25+/m0/s1. The molecule has 3 aliphatic carbocycles. The van der Waals surface area contributed by atoms with Gasteiger partial charge in [0, 0.05) is 36.5 Å². The number of likely N-dealkylation sites (tertiary alicyclic amines) is 1. The Bertz CT molecular complexity index is 1020. The molecule has 5 aliphatic rings. The normalized spacial score (nSPS) is 38.8. The Labute approximate surface area is 176 Å². The molecule has 5 heteroatoms. The molecule has 7 rings (SSSR count). The van der Waals surface area contributed by atoms with Crippen LogP contribution in [0.15, 0.2) is 36.7 Å². The summed E-state index contributed by atoms with van der Waals surface area (Å²) in [5.74, 6) is 1.85. The Hall–Kier alpha value is -2.11. The van der Waals surface area contributed by atoms with Gasteiger partial charge in [-0.1, -0.05) is 6.07 Å². The van der Waals surface area contributed by atoms with E-state index in [1.54, 1.807) is 6.07 Å². The van der Waals surface area contributed by atoms with E-state index in [2.05, 4.69) is 28.1 Å². The molecule has 2 saturated carbocycles. The quantitative estimate of drug-likeness (QED) is 0.823. The number of ether oxygens (including phenoxy) is 1. The summed E-state index contributed by atoms with van der Waals surface area (Å²) in [5, 5.41) is 23.2. The summed E-state index contributed by atoms with van der Waals surface area (Å²) in [5.41, 5.74) is 2.35. The predicted molar refractivity (Wildman–Crippen MR) is 112 cm³/mol. The number of phenols is 1. The van der Waals surface area contributed by atoms with E-state index >= 15 is 0 Å². The van der Waals surface area contributed by atoms with Crippen LogP contribution in [0.5, 0.6) is 11.5 Å². The summed E-state index contributed by atoms with van der Waals surface area (Å²) in [7, 11) is 0. The van der Waals surface area contributed by atoms with Gasteiger partial charge in [-0.05, 0) is 80.3 Å². The molecule has 2 N–H and O–H groups in total. The van der Waals surface area contributed by atoms with Crippen LogP contribution < -0.4 is 4.74 Å². The number of hydrogen-bond donors (Lipinski definition) is 2. The van der Waals surface area contributed by atoms with Crippen molar-refractivity contribution in [2.75, 3.05) is 13.1 Å². The van der Waals surface area contributed by atoms with Crippen LogP contribution in [0.2, 0.25) is 0 Å². The molecule has 2 aromatic rings. The molecular weight excluding hydrogens is 376 g/mol. The molecule has 1 unspecified atom stereocenters. The van der Waals surface area contributed by atoms with E-state index in [-0.39, 0.29) is 23.8 Å². The van der Waals surface area contributed by atoms with Crippen molar-refractivity contribution in [3.8, 4) is 11.5 Å². The highest BCUT2D eigenvalue weighted by Gasteiger charge is 2.72. The third-order valence-electron chi connectivity index (χ3n) is 8.90. The van der Waals surface area contributed by atoms with Crippen molar-refractivity contribution in [3.63, 3.8) is 0 Å². The highest BCUT2D eigenvalue weighted by atomic mass is 16.5. The molecule has 2 aliphatic heterocycles. The van der Waals surface area contributed by atoms with Gasteiger partial charge in [-0.25, -0.2) is 0 Å². The second kappa shape index (κ2) is 5.77. The van der Waals surface area contributed by atoms with Gasteiger partial charge in [-0.2, -0.15) is 0 Å². The largest absolute Gasteiger partial charge is 0.504 e. The van der Waals surface area contributed by atoms with E-state index < -0.39 is 11.0 Å². The fourth-order valence-electron chi connectivity index (χ4n) is 7.43. The first-order chi connectivity index (χ1) is 14.6. The van der Waals surface area contributed by atoms with E-state index in [9.17, 15) is 10.2 Å².